The van der Waals surface area contributed by atoms with Gasteiger partial charge in [-0.2, -0.15) is 5.10 Å². The molecule has 6 nitrogen and oxygen atoms in total. The van der Waals surface area contributed by atoms with E-state index >= 15 is 0 Å². The fourth-order valence-electron chi connectivity index (χ4n) is 1.74. The average Bonchev–Trinajstić information content (AvgIpc) is 2.82. The lowest BCUT2D eigenvalue weighted by Crippen LogP contribution is -2.35. The van der Waals surface area contributed by atoms with Gasteiger partial charge in [-0.25, -0.2) is 14.6 Å². The van der Waals surface area contributed by atoms with E-state index < -0.39 is 5.54 Å². The van der Waals surface area contributed by atoms with Crippen LogP contribution in [0.4, 0.5) is 5.82 Å². The molecule has 7 heteroatoms. The molecule has 0 aliphatic carbocycles. The van der Waals surface area contributed by atoms with Crippen LogP contribution in [0.1, 0.15) is 13.8 Å². The van der Waals surface area contributed by atoms with Gasteiger partial charge in [0, 0.05) is 0 Å². The summed E-state index contributed by atoms with van der Waals surface area (Å²) < 4.78 is 1.78. The predicted octanol–water partition coefficient (Wildman–Crippen LogP) is 1.92. The first-order valence-electron chi connectivity index (χ1n) is 6.28. The van der Waals surface area contributed by atoms with Crippen molar-refractivity contribution in [2.45, 2.75) is 31.1 Å². The van der Waals surface area contributed by atoms with Crippen molar-refractivity contribution in [1.82, 2.24) is 19.7 Å². The normalized spacial score (nSPS) is 11.8. The van der Waals surface area contributed by atoms with Crippen LogP contribution in [0.3, 0.4) is 0 Å². The SMILES string of the molecule is C=CCn1ncc2c(NC(C)(C)CO)nc(SC)nc21. The molecule has 0 amide bonds. The number of aliphatic hydroxyl groups is 1. The highest BCUT2D eigenvalue weighted by molar-refractivity contribution is 7.98. The van der Waals surface area contributed by atoms with Crippen LogP contribution in [-0.4, -0.2) is 43.3 Å². The summed E-state index contributed by atoms with van der Waals surface area (Å²) in [4.78, 5) is 8.97. The number of anilines is 1. The molecule has 0 saturated carbocycles. The van der Waals surface area contributed by atoms with Crippen molar-refractivity contribution >= 4 is 28.6 Å². The minimum absolute atomic E-state index is 0.00783. The van der Waals surface area contributed by atoms with Crippen LogP contribution >= 0.6 is 11.8 Å². The van der Waals surface area contributed by atoms with Crippen molar-refractivity contribution < 1.29 is 5.11 Å². The molecule has 2 rings (SSSR count). The van der Waals surface area contributed by atoms with Crippen molar-refractivity contribution in [2.75, 3.05) is 18.2 Å². The van der Waals surface area contributed by atoms with Crippen LogP contribution in [0.15, 0.2) is 24.0 Å². The molecule has 2 N–H and O–H groups in total. The molecule has 0 unspecified atom stereocenters. The number of hydrogen-bond acceptors (Lipinski definition) is 6. The number of thioether (sulfide) groups is 1. The molecule has 0 saturated heterocycles. The van der Waals surface area contributed by atoms with E-state index in [1.54, 1.807) is 17.0 Å². The molecule has 0 bridgehead atoms. The standard InChI is InChI=1S/C13H19N5OS/c1-5-6-18-11-9(7-14-18)10(15-12(16-11)20-4)17-13(2,3)8-19/h5,7,19H,1,6,8H2,2-4H3,(H,15,16,17). The number of hydrogen-bond donors (Lipinski definition) is 2. The highest BCUT2D eigenvalue weighted by Crippen LogP contribution is 2.25. The molecule has 0 spiro atoms. The van der Waals surface area contributed by atoms with Crippen LogP contribution < -0.4 is 5.32 Å². The summed E-state index contributed by atoms with van der Waals surface area (Å²) in [5.74, 6) is 0.689. The molecule has 0 radical (unpaired) electrons. The summed E-state index contributed by atoms with van der Waals surface area (Å²) in [6, 6.07) is 0. The van der Waals surface area contributed by atoms with E-state index in [9.17, 15) is 5.11 Å². The van der Waals surface area contributed by atoms with Crippen LogP contribution in [0.2, 0.25) is 0 Å². The molecule has 0 atom stereocenters. The number of rotatable bonds is 6. The molecule has 0 fully saturated rings. The van der Waals surface area contributed by atoms with Gasteiger partial charge in [0.2, 0.25) is 0 Å². The Bertz CT molecular complexity index is 622. The smallest absolute Gasteiger partial charge is 0.191 e. The van der Waals surface area contributed by atoms with Gasteiger partial charge in [-0.3, -0.25) is 0 Å². The lowest BCUT2D eigenvalue weighted by molar-refractivity contribution is 0.234. The summed E-state index contributed by atoms with van der Waals surface area (Å²) in [6.45, 7) is 8.15. The first kappa shape index (κ1) is 14.8. The van der Waals surface area contributed by atoms with E-state index in [2.05, 4.69) is 27.0 Å². The molecular formula is C13H19N5OS. The third kappa shape index (κ3) is 2.94. The quantitative estimate of drug-likeness (QED) is 0.481. The summed E-state index contributed by atoms with van der Waals surface area (Å²) in [5, 5.41) is 18.5. The van der Waals surface area contributed by atoms with E-state index in [1.165, 1.54) is 11.8 Å². The van der Waals surface area contributed by atoms with E-state index in [0.717, 1.165) is 11.0 Å². The molecular weight excluding hydrogens is 274 g/mol. The molecule has 0 aliphatic heterocycles. The monoisotopic (exact) mass is 293 g/mol. The maximum atomic E-state index is 9.40. The lowest BCUT2D eigenvalue weighted by atomic mass is 10.1. The second-order valence-corrected chi connectivity index (χ2v) is 5.85. The fourth-order valence-corrected chi connectivity index (χ4v) is 2.10. The van der Waals surface area contributed by atoms with E-state index in [-0.39, 0.29) is 6.61 Å². The molecule has 0 aliphatic rings. The van der Waals surface area contributed by atoms with Gasteiger partial charge in [-0.15, -0.1) is 6.58 Å². The molecule has 0 aromatic carbocycles. The lowest BCUT2D eigenvalue weighted by Gasteiger charge is -2.24. The first-order valence-corrected chi connectivity index (χ1v) is 7.50. The van der Waals surface area contributed by atoms with Crippen molar-refractivity contribution in [3.63, 3.8) is 0 Å². The third-order valence-electron chi connectivity index (χ3n) is 2.81. The van der Waals surface area contributed by atoms with Gasteiger partial charge in [0.1, 0.15) is 5.82 Å². The number of aliphatic hydroxyl groups excluding tert-OH is 1. The van der Waals surface area contributed by atoms with Gasteiger partial charge in [0.25, 0.3) is 0 Å². The maximum Gasteiger partial charge on any atom is 0.191 e. The van der Waals surface area contributed by atoms with Crippen molar-refractivity contribution in [3.8, 4) is 0 Å². The van der Waals surface area contributed by atoms with Crippen LogP contribution in [-0.2, 0) is 6.54 Å². The Hall–Kier alpha value is -1.60. The highest BCUT2D eigenvalue weighted by Gasteiger charge is 2.20. The minimum atomic E-state index is -0.461. The first-order chi connectivity index (χ1) is 9.50. The fraction of sp³-hybridized carbons (Fsp3) is 0.462. The van der Waals surface area contributed by atoms with Gasteiger partial charge in [-0.1, -0.05) is 17.8 Å². The number of nitrogens with one attached hydrogen (secondary N) is 1. The molecule has 2 heterocycles. The Labute approximate surface area is 122 Å². The third-order valence-corrected chi connectivity index (χ3v) is 3.36. The Morgan fingerprint density at radius 1 is 1.50 bits per heavy atom. The molecule has 108 valence electrons. The minimum Gasteiger partial charge on any atom is -0.394 e. The van der Waals surface area contributed by atoms with Crippen molar-refractivity contribution in [2.24, 2.45) is 0 Å². The van der Waals surface area contributed by atoms with Crippen molar-refractivity contribution in [3.05, 3.63) is 18.9 Å². The Morgan fingerprint density at radius 2 is 2.25 bits per heavy atom. The molecule has 2 aromatic heterocycles. The Balaban J connectivity index is 2.55. The zero-order valence-electron chi connectivity index (χ0n) is 11.9. The summed E-state index contributed by atoms with van der Waals surface area (Å²) >= 11 is 1.47. The van der Waals surface area contributed by atoms with Crippen molar-refractivity contribution in [1.29, 1.82) is 0 Å². The Morgan fingerprint density at radius 3 is 2.85 bits per heavy atom. The Kier molecular flexibility index (Phi) is 4.29. The van der Waals surface area contributed by atoms with E-state index in [4.69, 9.17) is 0 Å². The van der Waals surface area contributed by atoms with Gasteiger partial charge in [-0.05, 0) is 20.1 Å². The second kappa shape index (κ2) is 5.80. The highest BCUT2D eigenvalue weighted by atomic mass is 32.2. The van der Waals surface area contributed by atoms with E-state index in [0.29, 0.717) is 17.5 Å². The number of fused-ring (bicyclic) bond motifs is 1. The number of aromatic nitrogens is 4. The van der Waals surface area contributed by atoms with Crippen LogP contribution in [0.25, 0.3) is 11.0 Å². The second-order valence-electron chi connectivity index (χ2n) is 5.08. The van der Waals surface area contributed by atoms with Gasteiger partial charge in [0.15, 0.2) is 10.8 Å². The summed E-state index contributed by atoms with van der Waals surface area (Å²) in [6.07, 6.45) is 5.44. The molecule has 2 aromatic rings. The number of allylic oxidation sites excluding steroid dienone is 1. The maximum absolute atomic E-state index is 9.40. The summed E-state index contributed by atoms with van der Waals surface area (Å²) in [7, 11) is 0. The van der Waals surface area contributed by atoms with E-state index in [1.807, 2.05) is 20.1 Å². The van der Waals surface area contributed by atoms with Gasteiger partial charge < -0.3 is 10.4 Å². The topological polar surface area (TPSA) is 75.9 Å². The van der Waals surface area contributed by atoms with Gasteiger partial charge >= 0.3 is 0 Å². The zero-order chi connectivity index (χ0) is 14.8. The van der Waals surface area contributed by atoms with Crippen LogP contribution in [0.5, 0.6) is 0 Å². The zero-order valence-corrected chi connectivity index (χ0v) is 12.7. The summed E-state index contributed by atoms with van der Waals surface area (Å²) in [5.41, 5.74) is 0.304. The molecule has 20 heavy (non-hydrogen) atoms. The predicted molar refractivity (Wildman–Crippen MR) is 82.1 cm³/mol. The van der Waals surface area contributed by atoms with Crippen LogP contribution in [0, 0.1) is 0 Å². The average molecular weight is 293 g/mol. The largest absolute Gasteiger partial charge is 0.394 e. The van der Waals surface area contributed by atoms with Gasteiger partial charge in [0.05, 0.1) is 30.3 Å². The number of nitrogens with zero attached hydrogens (tertiary/aromatic N) is 4.